The zero-order valence-electron chi connectivity index (χ0n) is 17.1. The second-order valence-corrected chi connectivity index (χ2v) is 8.43. The summed E-state index contributed by atoms with van der Waals surface area (Å²) in [5.41, 5.74) is 0.716. The molecular formula is C22H17N6O4+. The van der Waals surface area contributed by atoms with E-state index in [1.807, 2.05) is 11.0 Å². The van der Waals surface area contributed by atoms with E-state index in [4.69, 9.17) is 4.52 Å². The number of aromatic nitrogens is 2. The molecule has 0 aliphatic carbocycles. The minimum atomic E-state index is -0.739. The van der Waals surface area contributed by atoms with Gasteiger partial charge in [0.15, 0.2) is 17.8 Å². The van der Waals surface area contributed by atoms with Crippen LogP contribution in [0.5, 0.6) is 0 Å². The first-order valence-electron chi connectivity index (χ1n) is 10.2. The van der Waals surface area contributed by atoms with E-state index in [-0.39, 0.29) is 27.6 Å². The molecule has 2 bridgehead atoms. The normalized spacial score (nSPS) is 28.4. The first-order valence-corrected chi connectivity index (χ1v) is 10.2. The Bertz CT molecular complexity index is 1390. The van der Waals surface area contributed by atoms with E-state index >= 15 is 0 Å². The first-order chi connectivity index (χ1) is 15.5. The molecule has 1 spiro atoms. The van der Waals surface area contributed by atoms with Crippen LogP contribution < -0.4 is 4.90 Å². The van der Waals surface area contributed by atoms with E-state index in [0.717, 1.165) is 4.90 Å². The Morgan fingerprint density at radius 2 is 2.03 bits per heavy atom. The summed E-state index contributed by atoms with van der Waals surface area (Å²) in [4.78, 5) is 48.0. The van der Waals surface area contributed by atoms with Gasteiger partial charge in [-0.05, 0) is 6.92 Å². The van der Waals surface area contributed by atoms with Gasteiger partial charge in [0.05, 0.1) is 25.0 Å². The van der Waals surface area contributed by atoms with Crippen LogP contribution in [0.4, 0.5) is 10.5 Å². The summed E-state index contributed by atoms with van der Waals surface area (Å²) in [5.74, 6) is -0.160. The molecular weight excluding hydrogens is 412 g/mol. The van der Waals surface area contributed by atoms with Crippen molar-refractivity contribution in [3.63, 3.8) is 0 Å². The maximum absolute atomic E-state index is 13.9. The molecule has 3 amide bonds. The molecule has 3 aromatic rings. The predicted octanol–water partition coefficient (Wildman–Crippen LogP) is 1.59. The highest BCUT2D eigenvalue weighted by atomic mass is 16.5. The SMILES string of the molecule is Cc1cc(C(=O)C2CN3CC4C(=O)N(c5cnc(C#N)c6ccccc56)C(=O)[N+]24C3)no1. The number of Topliss-reactive ketones (excluding diaryl/α,β-unsaturated/α-hetero) is 1. The van der Waals surface area contributed by atoms with Crippen LogP contribution in [0.15, 0.2) is 41.1 Å². The zero-order chi connectivity index (χ0) is 22.2. The number of hydrogen-bond acceptors (Lipinski definition) is 8. The van der Waals surface area contributed by atoms with Gasteiger partial charge in [0, 0.05) is 16.8 Å². The monoisotopic (exact) mass is 429 g/mol. The lowest BCUT2D eigenvalue weighted by Crippen LogP contribution is -2.62. The lowest BCUT2D eigenvalue weighted by atomic mass is 10.0. The minimum absolute atomic E-state index is 0.164. The Morgan fingerprint density at radius 3 is 2.75 bits per heavy atom. The fourth-order valence-electron chi connectivity index (χ4n) is 5.36. The number of piperazine rings is 1. The minimum Gasteiger partial charge on any atom is -0.361 e. The number of carbonyl (C=O) groups excluding carboxylic acids is 3. The molecule has 2 aromatic heterocycles. The third-order valence-corrected chi connectivity index (χ3v) is 6.77. The smallest absolute Gasteiger partial charge is 0.361 e. The van der Waals surface area contributed by atoms with Crippen molar-refractivity contribution in [2.24, 2.45) is 0 Å². The van der Waals surface area contributed by atoms with Crippen LogP contribution >= 0.6 is 0 Å². The van der Waals surface area contributed by atoms with Crippen molar-refractivity contribution in [1.82, 2.24) is 15.0 Å². The third kappa shape index (κ3) is 2.21. The van der Waals surface area contributed by atoms with Gasteiger partial charge in [-0.3, -0.25) is 9.59 Å². The number of imide groups is 1. The van der Waals surface area contributed by atoms with Gasteiger partial charge < -0.3 is 4.52 Å². The number of urea groups is 1. The van der Waals surface area contributed by atoms with Gasteiger partial charge in [-0.25, -0.2) is 19.2 Å². The summed E-state index contributed by atoms with van der Waals surface area (Å²) in [7, 11) is 0. The van der Waals surface area contributed by atoms with Crippen molar-refractivity contribution in [3.05, 3.63) is 53.7 Å². The largest absolute Gasteiger partial charge is 0.433 e. The maximum Gasteiger partial charge on any atom is 0.433 e. The van der Waals surface area contributed by atoms with Crippen molar-refractivity contribution in [3.8, 4) is 6.07 Å². The van der Waals surface area contributed by atoms with Crippen LogP contribution in [0.25, 0.3) is 10.8 Å². The first kappa shape index (κ1) is 18.8. The van der Waals surface area contributed by atoms with Gasteiger partial charge in [0.25, 0.3) is 5.91 Å². The van der Waals surface area contributed by atoms with Crippen LogP contribution in [-0.2, 0) is 4.79 Å². The van der Waals surface area contributed by atoms with E-state index in [0.29, 0.717) is 42.0 Å². The molecule has 1 aromatic carbocycles. The molecule has 3 saturated heterocycles. The van der Waals surface area contributed by atoms with Gasteiger partial charge in [0.2, 0.25) is 5.78 Å². The van der Waals surface area contributed by atoms with Crippen LogP contribution in [0.3, 0.4) is 0 Å². The fourth-order valence-corrected chi connectivity index (χ4v) is 5.36. The molecule has 3 aliphatic heterocycles. The highest BCUT2D eigenvalue weighted by Crippen LogP contribution is 2.45. The Balaban J connectivity index is 1.47. The number of aryl methyl sites for hydroxylation is 1. The standard InChI is InChI=1S/C22H17N6O4/c1-12-6-15(25-32-12)20(29)18-9-26-10-19-21(30)27(22(31)28(18,19)11-26)17-8-24-16(7-23)13-4-2-3-5-14(13)17/h2-6,8,18-19H,9-11H2,1H3/q+1. The Labute approximate surface area is 181 Å². The quantitative estimate of drug-likeness (QED) is 0.350. The Hall–Kier alpha value is -3.94. The van der Waals surface area contributed by atoms with E-state index in [9.17, 15) is 19.6 Å². The fraction of sp³-hybridized carbons (Fsp3) is 0.273. The Morgan fingerprint density at radius 1 is 1.25 bits per heavy atom. The van der Waals surface area contributed by atoms with Crippen molar-refractivity contribution < 1.29 is 23.4 Å². The topological polar surface area (TPSA) is 120 Å². The van der Waals surface area contributed by atoms with Gasteiger partial charge in [-0.1, -0.05) is 29.4 Å². The van der Waals surface area contributed by atoms with E-state index in [1.54, 1.807) is 37.3 Å². The average Bonchev–Trinajstić information content (AvgIpc) is 3.55. The molecule has 4 atom stereocenters. The van der Waals surface area contributed by atoms with Crippen LogP contribution in [0.1, 0.15) is 21.9 Å². The molecule has 6 rings (SSSR count). The molecule has 3 fully saturated rings. The molecule has 4 unspecified atom stereocenters. The molecule has 158 valence electrons. The van der Waals surface area contributed by atoms with Crippen LogP contribution in [0.2, 0.25) is 0 Å². The summed E-state index contributed by atoms with van der Waals surface area (Å²) in [5, 5.41) is 14.4. The lowest BCUT2D eigenvalue weighted by Gasteiger charge is -2.32. The summed E-state index contributed by atoms with van der Waals surface area (Å²) >= 11 is 0. The number of ketones is 1. The zero-order valence-corrected chi connectivity index (χ0v) is 17.1. The number of benzene rings is 1. The van der Waals surface area contributed by atoms with Crippen LogP contribution in [-0.4, -0.2) is 69.1 Å². The number of fused-ring (bicyclic) bond motifs is 2. The number of quaternary nitrogens is 1. The number of nitrogens with zero attached hydrogens (tertiary/aromatic N) is 6. The predicted molar refractivity (Wildman–Crippen MR) is 109 cm³/mol. The second-order valence-electron chi connectivity index (χ2n) is 8.43. The van der Waals surface area contributed by atoms with Crippen molar-refractivity contribution in [2.45, 2.75) is 19.0 Å². The lowest BCUT2D eigenvalue weighted by molar-refractivity contribution is -0.852. The molecule has 5 heterocycles. The van der Waals surface area contributed by atoms with Crippen molar-refractivity contribution >= 4 is 34.2 Å². The van der Waals surface area contributed by atoms with Gasteiger partial charge in [-0.2, -0.15) is 10.2 Å². The third-order valence-electron chi connectivity index (χ3n) is 6.77. The second kappa shape index (κ2) is 6.29. The molecule has 3 aliphatic rings. The van der Waals surface area contributed by atoms with Gasteiger partial charge >= 0.3 is 6.03 Å². The summed E-state index contributed by atoms with van der Waals surface area (Å²) in [6.45, 7) is 2.77. The molecule has 0 saturated carbocycles. The van der Waals surface area contributed by atoms with E-state index < -0.39 is 18.1 Å². The highest BCUT2D eigenvalue weighted by Gasteiger charge is 2.73. The number of hydrogen-bond donors (Lipinski definition) is 0. The van der Waals surface area contributed by atoms with Crippen molar-refractivity contribution in [2.75, 3.05) is 24.7 Å². The number of rotatable bonds is 3. The number of nitriles is 1. The summed E-state index contributed by atoms with van der Waals surface area (Å²) < 4.78 is 4.79. The molecule has 0 radical (unpaired) electrons. The molecule has 0 N–H and O–H groups in total. The number of anilines is 1. The van der Waals surface area contributed by atoms with E-state index in [1.165, 1.54) is 6.20 Å². The summed E-state index contributed by atoms with van der Waals surface area (Å²) in [6, 6.07) is 8.79. The number of pyridine rings is 1. The average molecular weight is 429 g/mol. The summed E-state index contributed by atoms with van der Waals surface area (Å²) in [6.07, 6.45) is 1.39. The molecule has 10 nitrogen and oxygen atoms in total. The van der Waals surface area contributed by atoms with E-state index in [2.05, 4.69) is 10.1 Å². The Kier molecular flexibility index (Phi) is 3.69. The van der Waals surface area contributed by atoms with Crippen LogP contribution in [0, 0.1) is 18.3 Å². The molecule has 32 heavy (non-hydrogen) atoms. The van der Waals surface area contributed by atoms with Gasteiger partial charge in [-0.15, -0.1) is 0 Å². The molecule has 10 heteroatoms. The number of amides is 3. The van der Waals surface area contributed by atoms with Crippen molar-refractivity contribution in [1.29, 1.82) is 5.26 Å². The highest BCUT2D eigenvalue weighted by molar-refractivity contribution is 6.22. The van der Waals surface area contributed by atoms with Gasteiger partial charge in [0.1, 0.15) is 24.2 Å². The maximum atomic E-state index is 13.9. The number of carbonyl (C=O) groups is 3.